The van der Waals surface area contributed by atoms with Gasteiger partial charge in [-0.1, -0.05) is 12.1 Å². The van der Waals surface area contributed by atoms with Crippen molar-refractivity contribution < 1.29 is 22.6 Å². The normalized spacial score (nSPS) is 22.3. The Morgan fingerprint density at radius 2 is 1.78 bits per heavy atom. The predicted octanol–water partition coefficient (Wildman–Crippen LogP) is 2.75. The molecule has 5 rings (SSSR count). The first-order valence-electron chi connectivity index (χ1n) is 10.6. The van der Waals surface area contributed by atoms with Crippen molar-refractivity contribution in [3.63, 3.8) is 0 Å². The number of piperidine rings is 1. The molecule has 0 aliphatic carbocycles. The van der Waals surface area contributed by atoms with E-state index in [1.165, 1.54) is 10.6 Å². The van der Waals surface area contributed by atoms with E-state index in [2.05, 4.69) is 16.5 Å². The first kappa shape index (κ1) is 21.1. The number of hydrazine groups is 1. The Morgan fingerprint density at radius 3 is 2.41 bits per heavy atom. The minimum Gasteiger partial charge on any atom is -0.497 e. The Hall–Kier alpha value is -2.75. The summed E-state index contributed by atoms with van der Waals surface area (Å²) in [4.78, 5) is 0. The van der Waals surface area contributed by atoms with E-state index < -0.39 is 15.7 Å². The number of nitrogens with zero attached hydrogens (tertiary/aromatic N) is 2. The van der Waals surface area contributed by atoms with Crippen LogP contribution in [0, 0.1) is 0 Å². The third-order valence-electron chi connectivity index (χ3n) is 6.50. The summed E-state index contributed by atoms with van der Waals surface area (Å²) >= 11 is 0. The summed E-state index contributed by atoms with van der Waals surface area (Å²) in [5.41, 5.74) is 5.88. The third-order valence-corrected chi connectivity index (χ3v) is 7.80. The van der Waals surface area contributed by atoms with E-state index in [1.54, 1.807) is 14.2 Å². The molecule has 2 aromatic rings. The number of methoxy groups -OCH3 is 2. The quantitative estimate of drug-likeness (QED) is 0.756. The minimum atomic E-state index is -3.25. The number of nitrogens with one attached hydrogen (secondary N) is 1. The van der Waals surface area contributed by atoms with E-state index in [1.807, 2.05) is 42.5 Å². The summed E-state index contributed by atoms with van der Waals surface area (Å²) in [5.74, 6) is 2.20. The van der Waals surface area contributed by atoms with Gasteiger partial charge in [0.25, 0.3) is 0 Å². The summed E-state index contributed by atoms with van der Waals surface area (Å²) in [6, 6.07) is 13.7. The van der Waals surface area contributed by atoms with E-state index in [4.69, 9.17) is 14.2 Å². The molecule has 8 nitrogen and oxygen atoms in total. The highest BCUT2D eigenvalue weighted by molar-refractivity contribution is 7.88. The summed E-state index contributed by atoms with van der Waals surface area (Å²) in [5, 5.41) is 2.13. The molecule has 0 saturated carbocycles. The number of fused-ring (bicyclic) bond motifs is 4. The van der Waals surface area contributed by atoms with Crippen LogP contribution in [0.3, 0.4) is 0 Å². The van der Waals surface area contributed by atoms with Crippen molar-refractivity contribution in [2.24, 2.45) is 0 Å². The molecule has 2 aromatic carbocycles. The lowest BCUT2D eigenvalue weighted by Gasteiger charge is -2.51. The van der Waals surface area contributed by atoms with E-state index in [9.17, 15) is 8.42 Å². The number of hydrogen-bond acceptors (Lipinski definition) is 7. The molecule has 0 bridgehead atoms. The van der Waals surface area contributed by atoms with Gasteiger partial charge in [-0.2, -0.15) is 5.01 Å². The molecule has 0 amide bonds. The Kier molecular flexibility index (Phi) is 5.07. The smallest absolute Gasteiger partial charge is 0.211 e. The number of para-hydroxylation sites is 1. The molecule has 9 heteroatoms. The molecule has 1 saturated heterocycles. The molecule has 3 heterocycles. The summed E-state index contributed by atoms with van der Waals surface area (Å²) < 4.78 is 43.2. The molecule has 170 valence electrons. The molecule has 0 aromatic heterocycles. The summed E-state index contributed by atoms with van der Waals surface area (Å²) in [7, 11) is 0.0364. The van der Waals surface area contributed by atoms with E-state index in [0.717, 1.165) is 28.3 Å². The second-order valence-corrected chi connectivity index (χ2v) is 10.3. The van der Waals surface area contributed by atoms with Gasteiger partial charge in [0.1, 0.15) is 5.75 Å². The largest absolute Gasteiger partial charge is 0.497 e. The fourth-order valence-corrected chi connectivity index (χ4v) is 5.62. The van der Waals surface area contributed by atoms with E-state index >= 15 is 0 Å². The molecule has 0 radical (unpaired) electrons. The maximum absolute atomic E-state index is 12.1. The molecule has 1 N–H and O–H groups in total. The van der Waals surface area contributed by atoms with Crippen LogP contribution in [0.15, 0.2) is 48.5 Å². The van der Waals surface area contributed by atoms with Gasteiger partial charge >= 0.3 is 0 Å². The lowest BCUT2D eigenvalue weighted by Crippen LogP contribution is -2.64. The first-order valence-corrected chi connectivity index (χ1v) is 12.4. The average molecular weight is 458 g/mol. The van der Waals surface area contributed by atoms with Gasteiger partial charge < -0.3 is 19.6 Å². The van der Waals surface area contributed by atoms with Gasteiger partial charge in [0.05, 0.1) is 32.2 Å². The highest BCUT2D eigenvalue weighted by Crippen LogP contribution is 2.51. The van der Waals surface area contributed by atoms with Crippen LogP contribution in [0.25, 0.3) is 5.70 Å². The lowest BCUT2D eigenvalue weighted by molar-refractivity contribution is -0.154. The van der Waals surface area contributed by atoms with Crippen LogP contribution in [-0.2, 0) is 10.0 Å². The van der Waals surface area contributed by atoms with Crippen LogP contribution in [0.4, 0.5) is 0 Å². The Morgan fingerprint density at radius 1 is 1.06 bits per heavy atom. The standard InChI is InChI=1S/C23H27N3O5S/c1-29-17-9-7-16(8-10-17)19-15-20-18-5-4-6-21(30-2)22(18)31-23(26(20)24-19)11-13-25(14-12-23)32(3,27)28/h4-10,15,20,24H,11-14H2,1-3H3/t20-/m1/s1. The molecule has 0 unspecified atom stereocenters. The molecule has 1 atom stereocenters. The van der Waals surface area contributed by atoms with E-state index in [-0.39, 0.29) is 6.04 Å². The van der Waals surface area contributed by atoms with Crippen LogP contribution in [0.2, 0.25) is 0 Å². The number of rotatable bonds is 4. The van der Waals surface area contributed by atoms with Crippen molar-refractivity contribution in [2.75, 3.05) is 33.6 Å². The molecule has 3 aliphatic heterocycles. The van der Waals surface area contributed by atoms with Crippen LogP contribution in [-0.4, -0.2) is 57.0 Å². The topological polar surface area (TPSA) is 80.3 Å². The number of sulfonamides is 1. The summed E-state index contributed by atoms with van der Waals surface area (Å²) in [6.07, 6.45) is 4.51. The van der Waals surface area contributed by atoms with Crippen molar-refractivity contribution in [1.29, 1.82) is 0 Å². The molecule has 32 heavy (non-hydrogen) atoms. The third kappa shape index (κ3) is 3.41. The number of benzene rings is 2. The van der Waals surface area contributed by atoms with Gasteiger partial charge in [-0.05, 0) is 42.0 Å². The molecular formula is C23H27N3O5S. The number of ether oxygens (including phenoxy) is 3. The predicted molar refractivity (Wildman–Crippen MR) is 121 cm³/mol. The van der Waals surface area contributed by atoms with Gasteiger partial charge in [0.2, 0.25) is 10.0 Å². The number of hydrogen-bond donors (Lipinski definition) is 1. The summed E-state index contributed by atoms with van der Waals surface area (Å²) in [6.45, 7) is 0.790. The van der Waals surface area contributed by atoms with E-state index in [0.29, 0.717) is 31.7 Å². The molecular weight excluding hydrogens is 430 g/mol. The molecule has 1 spiro atoms. The Bertz CT molecular complexity index is 1150. The van der Waals surface area contributed by atoms with Gasteiger partial charge in [0, 0.05) is 31.5 Å². The van der Waals surface area contributed by atoms with Gasteiger partial charge in [-0.25, -0.2) is 12.7 Å². The van der Waals surface area contributed by atoms with Crippen LogP contribution >= 0.6 is 0 Å². The lowest BCUT2D eigenvalue weighted by atomic mass is 9.93. The highest BCUT2D eigenvalue weighted by Gasteiger charge is 2.53. The fourth-order valence-electron chi connectivity index (χ4n) is 4.77. The zero-order chi connectivity index (χ0) is 22.5. The van der Waals surface area contributed by atoms with Crippen molar-refractivity contribution in [2.45, 2.75) is 24.6 Å². The maximum atomic E-state index is 12.1. The van der Waals surface area contributed by atoms with Crippen molar-refractivity contribution in [1.82, 2.24) is 14.7 Å². The Balaban J connectivity index is 1.54. The van der Waals surface area contributed by atoms with Gasteiger partial charge in [0.15, 0.2) is 17.2 Å². The second kappa shape index (κ2) is 7.68. The highest BCUT2D eigenvalue weighted by atomic mass is 32.2. The van der Waals surface area contributed by atoms with Crippen molar-refractivity contribution in [3.8, 4) is 17.2 Å². The maximum Gasteiger partial charge on any atom is 0.211 e. The molecule has 1 fully saturated rings. The SMILES string of the molecule is COc1ccc(C2=C[C@@H]3c4cccc(OC)c4OC4(CCN(S(C)(=O)=O)CC4)N3N2)cc1. The minimum absolute atomic E-state index is 0.0734. The van der Waals surface area contributed by atoms with Gasteiger partial charge in [-0.15, -0.1) is 0 Å². The average Bonchev–Trinajstić information content (AvgIpc) is 3.25. The van der Waals surface area contributed by atoms with Crippen LogP contribution in [0.5, 0.6) is 17.2 Å². The fraction of sp³-hybridized carbons (Fsp3) is 0.391. The van der Waals surface area contributed by atoms with Gasteiger partial charge in [-0.3, -0.25) is 0 Å². The first-order chi connectivity index (χ1) is 15.3. The van der Waals surface area contributed by atoms with Crippen LogP contribution < -0.4 is 19.6 Å². The zero-order valence-corrected chi connectivity index (χ0v) is 19.2. The Labute approximate surface area is 188 Å². The monoisotopic (exact) mass is 457 g/mol. The second-order valence-electron chi connectivity index (χ2n) is 8.32. The zero-order valence-electron chi connectivity index (χ0n) is 18.4. The van der Waals surface area contributed by atoms with Crippen LogP contribution in [0.1, 0.15) is 30.0 Å². The van der Waals surface area contributed by atoms with Crippen molar-refractivity contribution in [3.05, 3.63) is 59.7 Å². The van der Waals surface area contributed by atoms with Crippen molar-refractivity contribution >= 4 is 15.7 Å². The molecule has 3 aliphatic rings.